The summed E-state index contributed by atoms with van der Waals surface area (Å²) in [5.41, 5.74) is 2.13. The molecule has 0 spiro atoms. The van der Waals surface area contributed by atoms with E-state index in [0.717, 1.165) is 24.5 Å². The van der Waals surface area contributed by atoms with Crippen molar-refractivity contribution >= 4 is 0 Å². The van der Waals surface area contributed by atoms with Crippen LogP contribution in [-0.2, 0) is 0 Å². The highest BCUT2D eigenvalue weighted by Gasteiger charge is 1.90. The lowest BCUT2D eigenvalue weighted by atomic mass is 10.2. The van der Waals surface area contributed by atoms with E-state index in [-0.39, 0.29) is 0 Å². The predicted molar refractivity (Wildman–Crippen MR) is 64.1 cm³/mol. The normalized spacial score (nSPS) is 9.57. The first-order valence-electron chi connectivity index (χ1n) is 5.41. The van der Waals surface area contributed by atoms with Gasteiger partial charge in [0, 0.05) is 24.5 Å². The topological polar surface area (TPSA) is 24.1 Å². The summed E-state index contributed by atoms with van der Waals surface area (Å²) in [7, 11) is 0. The molecular weight excluding hydrogens is 172 g/mol. The Kier molecular flexibility index (Phi) is 8.10. The van der Waals surface area contributed by atoms with Crippen molar-refractivity contribution in [2.45, 2.75) is 39.5 Å². The molecule has 0 saturated carbocycles. The Balaban J connectivity index is 2.99. The highest BCUT2D eigenvalue weighted by molar-refractivity contribution is 4.84. The first-order chi connectivity index (χ1) is 6.63. The lowest BCUT2D eigenvalue weighted by molar-refractivity contribution is 0.602. The van der Waals surface area contributed by atoms with E-state index in [9.17, 15) is 0 Å². The zero-order valence-corrected chi connectivity index (χ0v) is 9.66. The maximum absolute atomic E-state index is 3.79. The van der Waals surface area contributed by atoms with Gasteiger partial charge in [0.1, 0.15) is 0 Å². The second-order valence-electron chi connectivity index (χ2n) is 3.83. The second-order valence-corrected chi connectivity index (χ2v) is 3.83. The largest absolute Gasteiger partial charge is 0.389 e. The van der Waals surface area contributed by atoms with Gasteiger partial charge >= 0.3 is 0 Å². The molecule has 0 aromatic rings. The summed E-state index contributed by atoms with van der Waals surface area (Å²) in [5, 5.41) is 6.46. The van der Waals surface area contributed by atoms with Crippen LogP contribution in [0.15, 0.2) is 24.6 Å². The van der Waals surface area contributed by atoms with Crippen molar-refractivity contribution in [2.75, 3.05) is 13.1 Å². The summed E-state index contributed by atoms with van der Waals surface area (Å²) >= 11 is 0. The van der Waals surface area contributed by atoms with Crippen molar-refractivity contribution in [3.05, 3.63) is 24.6 Å². The van der Waals surface area contributed by atoms with E-state index in [4.69, 9.17) is 0 Å². The van der Waals surface area contributed by atoms with E-state index in [1.807, 2.05) is 13.8 Å². The summed E-state index contributed by atoms with van der Waals surface area (Å²) in [6.07, 6.45) is 5.05. The van der Waals surface area contributed by atoms with Crippen LogP contribution < -0.4 is 10.6 Å². The van der Waals surface area contributed by atoms with Crippen molar-refractivity contribution in [3.63, 3.8) is 0 Å². The average Bonchev–Trinajstić information content (AvgIpc) is 2.08. The van der Waals surface area contributed by atoms with Gasteiger partial charge in [-0.05, 0) is 26.7 Å². The minimum absolute atomic E-state index is 1.06. The Labute approximate surface area is 88.5 Å². The molecule has 0 radical (unpaired) electrons. The molecule has 82 valence electrons. The molecule has 2 N–H and O–H groups in total. The predicted octanol–water partition coefficient (Wildman–Crippen LogP) is 2.79. The molecule has 0 atom stereocenters. The van der Waals surface area contributed by atoms with E-state index in [1.165, 1.54) is 25.7 Å². The maximum atomic E-state index is 3.79. The smallest absolute Gasteiger partial charge is 0.0143 e. The van der Waals surface area contributed by atoms with Crippen LogP contribution >= 0.6 is 0 Å². The van der Waals surface area contributed by atoms with Crippen LogP contribution in [0.3, 0.4) is 0 Å². The van der Waals surface area contributed by atoms with Gasteiger partial charge < -0.3 is 10.6 Å². The lowest BCUT2D eigenvalue weighted by Crippen LogP contribution is -2.13. The third-order valence-corrected chi connectivity index (χ3v) is 1.96. The van der Waals surface area contributed by atoms with Crippen molar-refractivity contribution in [3.8, 4) is 0 Å². The van der Waals surface area contributed by atoms with E-state index >= 15 is 0 Å². The molecule has 14 heavy (non-hydrogen) atoms. The fourth-order valence-electron chi connectivity index (χ4n) is 1.21. The van der Waals surface area contributed by atoms with E-state index in [2.05, 4.69) is 23.8 Å². The third kappa shape index (κ3) is 11.1. The van der Waals surface area contributed by atoms with Crippen molar-refractivity contribution < 1.29 is 0 Å². The lowest BCUT2D eigenvalue weighted by Gasteiger charge is -2.06. The van der Waals surface area contributed by atoms with Crippen LogP contribution in [0.4, 0.5) is 0 Å². The van der Waals surface area contributed by atoms with E-state index < -0.39 is 0 Å². The Morgan fingerprint density at radius 2 is 1.14 bits per heavy atom. The molecular formula is C12H24N2. The van der Waals surface area contributed by atoms with Gasteiger partial charge in [0.25, 0.3) is 0 Å². The fourth-order valence-corrected chi connectivity index (χ4v) is 1.21. The highest BCUT2D eigenvalue weighted by atomic mass is 14.9. The van der Waals surface area contributed by atoms with Crippen molar-refractivity contribution in [1.29, 1.82) is 0 Å². The quantitative estimate of drug-likeness (QED) is 0.554. The van der Waals surface area contributed by atoms with Crippen molar-refractivity contribution in [1.82, 2.24) is 10.6 Å². The Hall–Kier alpha value is -0.920. The number of nitrogens with one attached hydrogen (secondary N) is 2. The third-order valence-electron chi connectivity index (χ3n) is 1.96. The van der Waals surface area contributed by atoms with Crippen LogP contribution in [0.2, 0.25) is 0 Å². The molecule has 0 aliphatic heterocycles. The van der Waals surface area contributed by atoms with Gasteiger partial charge in [-0.2, -0.15) is 0 Å². The summed E-state index contributed by atoms with van der Waals surface area (Å²) in [6, 6.07) is 0. The number of rotatable bonds is 9. The molecule has 0 amide bonds. The van der Waals surface area contributed by atoms with Gasteiger partial charge in [0.05, 0.1) is 0 Å². The molecule has 0 aromatic heterocycles. The van der Waals surface area contributed by atoms with Gasteiger partial charge in [-0.3, -0.25) is 0 Å². The van der Waals surface area contributed by atoms with Crippen LogP contribution in [0.25, 0.3) is 0 Å². The first-order valence-corrected chi connectivity index (χ1v) is 5.41. The second kappa shape index (κ2) is 8.67. The molecule has 0 heterocycles. The average molecular weight is 196 g/mol. The minimum Gasteiger partial charge on any atom is -0.389 e. The van der Waals surface area contributed by atoms with E-state index in [1.54, 1.807) is 0 Å². The van der Waals surface area contributed by atoms with Gasteiger partial charge in [-0.15, -0.1) is 0 Å². The number of unbranched alkanes of at least 4 members (excludes halogenated alkanes) is 3. The maximum Gasteiger partial charge on any atom is 0.0143 e. The van der Waals surface area contributed by atoms with Crippen LogP contribution in [0.5, 0.6) is 0 Å². The van der Waals surface area contributed by atoms with Crippen LogP contribution in [-0.4, -0.2) is 13.1 Å². The summed E-state index contributed by atoms with van der Waals surface area (Å²) < 4.78 is 0. The number of hydrogen-bond donors (Lipinski definition) is 2. The molecule has 0 aromatic carbocycles. The zero-order valence-electron chi connectivity index (χ0n) is 9.66. The molecule has 0 rings (SSSR count). The number of hydrogen-bond acceptors (Lipinski definition) is 2. The molecule has 0 aliphatic carbocycles. The molecule has 0 fully saturated rings. The van der Waals surface area contributed by atoms with Crippen molar-refractivity contribution in [2.24, 2.45) is 0 Å². The Morgan fingerprint density at radius 1 is 0.786 bits per heavy atom. The van der Waals surface area contributed by atoms with Gasteiger partial charge in [-0.25, -0.2) is 0 Å². The molecule has 2 nitrogen and oxygen atoms in total. The SMILES string of the molecule is C=C(C)NCCCCCCNC(=C)C. The van der Waals surface area contributed by atoms with Crippen LogP contribution in [0.1, 0.15) is 39.5 Å². The number of allylic oxidation sites excluding steroid dienone is 2. The molecule has 0 unspecified atom stereocenters. The van der Waals surface area contributed by atoms with Gasteiger partial charge in [0.15, 0.2) is 0 Å². The van der Waals surface area contributed by atoms with E-state index in [0.29, 0.717) is 0 Å². The Bertz CT molecular complexity index is 153. The Morgan fingerprint density at radius 3 is 1.43 bits per heavy atom. The summed E-state index contributed by atoms with van der Waals surface area (Å²) in [4.78, 5) is 0. The fraction of sp³-hybridized carbons (Fsp3) is 0.667. The molecule has 0 bridgehead atoms. The van der Waals surface area contributed by atoms with Gasteiger partial charge in [-0.1, -0.05) is 26.0 Å². The zero-order chi connectivity index (χ0) is 10.8. The molecule has 2 heteroatoms. The molecule has 0 saturated heterocycles. The standard InChI is InChI=1S/C12H24N2/c1-11(2)13-9-7-5-6-8-10-14-12(3)4/h13-14H,1,3,5-10H2,2,4H3. The molecule has 0 aliphatic rings. The monoisotopic (exact) mass is 196 g/mol. The highest BCUT2D eigenvalue weighted by Crippen LogP contribution is 1.98. The van der Waals surface area contributed by atoms with Gasteiger partial charge in [0.2, 0.25) is 0 Å². The minimum atomic E-state index is 1.06. The first kappa shape index (κ1) is 13.1. The summed E-state index contributed by atoms with van der Waals surface area (Å²) in [5.74, 6) is 0. The van der Waals surface area contributed by atoms with Crippen LogP contribution in [0, 0.1) is 0 Å². The summed E-state index contributed by atoms with van der Waals surface area (Å²) in [6.45, 7) is 13.7.